The Balaban J connectivity index is 2.25. The highest BCUT2D eigenvalue weighted by atomic mass is 79.9. The number of aliphatic hydroxyl groups is 1. The predicted molar refractivity (Wildman–Crippen MR) is 72.9 cm³/mol. The molecule has 5 heteroatoms. The van der Waals surface area contributed by atoms with Crippen LogP contribution in [0.3, 0.4) is 0 Å². The summed E-state index contributed by atoms with van der Waals surface area (Å²) in [7, 11) is 0. The van der Waals surface area contributed by atoms with Crippen molar-refractivity contribution in [1.29, 1.82) is 0 Å². The van der Waals surface area contributed by atoms with Crippen molar-refractivity contribution in [1.82, 2.24) is 4.57 Å². The van der Waals surface area contributed by atoms with E-state index >= 15 is 0 Å². The molecular weight excluding hydrogens is 298 g/mol. The summed E-state index contributed by atoms with van der Waals surface area (Å²) in [6.45, 7) is 1.54. The molecule has 4 nitrogen and oxygen atoms in total. The van der Waals surface area contributed by atoms with Crippen molar-refractivity contribution >= 4 is 33.1 Å². The number of ether oxygens (including phenoxy) is 1. The van der Waals surface area contributed by atoms with E-state index in [1.54, 1.807) is 0 Å². The molecule has 1 aromatic heterocycles. The van der Waals surface area contributed by atoms with Crippen molar-refractivity contribution in [2.75, 3.05) is 19.8 Å². The first kappa shape index (κ1) is 13.3. The number of benzene rings is 1. The fraction of sp³-hybridized carbons (Fsp3) is 0.308. The molecule has 0 aliphatic rings. The molecule has 2 rings (SSSR count). The number of rotatable bonds is 6. The molecule has 0 saturated heterocycles. The number of carbonyl (C=O) groups excluding carboxylic acids is 1. The number of fused-ring (bicyclic) bond motifs is 1. The molecule has 2 aromatic rings. The molecule has 0 saturated carbocycles. The Kier molecular flexibility index (Phi) is 4.52. The lowest BCUT2D eigenvalue weighted by Gasteiger charge is -2.05. The quantitative estimate of drug-likeness (QED) is 0.657. The third kappa shape index (κ3) is 2.80. The minimum absolute atomic E-state index is 0.0267. The number of halogens is 1. The Morgan fingerprint density at radius 2 is 2.22 bits per heavy atom. The van der Waals surface area contributed by atoms with Gasteiger partial charge in [-0.3, -0.25) is 4.79 Å². The van der Waals surface area contributed by atoms with Crippen LogP contribution in [0.25, 0.3) is 10.9 Å². The van der Waals surface area contributed by atoms with Crippen molar-refractivity contribution in [3.05, 3.63) is 34.4 Å². The molecule has 1 heterocycles. The summed E-state index contributed by atoms with van der Waals surface area (Å²) in [4.78, 5) is 11.0. The molecule has 0 aliphatic carbocycles. The Bertz CT molecular complexity index is 550. The summed E-state index contributed by atoms with van der Waals surface area (Å²) in [6, 6.07) is 5.85. The van der Waals surface area contributed by atoms with Crippen molar-refractivity contribution in [2.24, 2.45) is 0 Å². The number of carbonyl (C=O) groups is 1. The maximum atomic E-state index is 11.0. The largest absolute Gasteiger partial charge is 0.394 e. The Hall–Kier alpha value is -1.17. The summed E-state index contributed by atoms with van der Waals surface area (Å²) in [5.41, 5.74) is 1.68. The van der Waals surface area contributed by atoms with Gasteiger partial charge in [-0.15, -0.1) is 0 Å². The van der Waals surface area contributed by atoms with E-state index in [0.717, 1.165) is 21.7 Å². The van der Waals surface area contributed by atoms with Gasteiger partial charge in [0.05, 0.1) is 19.8 Å². The van der Waals surface area contributed by atoms with Crippen LogP contribution in [0.1, 0.15) is 10.4 Å². The molecule has 0 fully saturated rings. The second-order valence-electron chi connectivity index (χ2n) is 3.89. The third-order valence-electron chi connectivity index (χ3n) is 2.71. The molecule has 96 valence electrons. The molecule has 0 unspecified atom stereocenters. The highest BCUT2D eigenvalue weighted by Crippen LogP contribution is 2.24. The van der Waals surface area contributed by atoms with Crippen molar-refractivity contribution in [3.8, 4) is 0 Å². The number of aldehydes is 1. The van der Waals surface area contributed by atoms with Gasteiger partial charge in [-0.25, -0.2) is 0 Å². The topological polar surface area (TPSA) is 51.5 Å². The van der Waals surface area contributed by atoms with E-state index in [0.29, 0.717) is 25.3 Å². The first-order valence-electron chi connectivity index (χ1n) is 5.68. The molecular formula is C13H14BrNO3. The molecule has 0 amide bonds. The van der Waals surface area contributed by atoms with Gasteiger partial charge in [0.15, 0.2) is 6.29 Å². The van der Waals surface area contributed by atoms with Gasteiger partial charge in [-0.1, -0.05) is 15.9 Å². The van der Waals surface area contributed by atoms with E-state index in [1.807, 2.05) is 29.0 Å². The maximum absolute atomic E-state index is 11.0. The number of hydrogen-bond acceptors (Lipinski definition) is 3. The standard InChI is InChI=1S/C13H14BrNO3/c14-11-1-2-13-12(7-11)10(9-17)8-15(13)3-5-18-6-4-16/h1-2,7-9,16H,3-6H2. The zero-order chi connectivity index (χ0) is 13.0. The fourth-order valence-corrected chi connectivity index (χ4v) is 2.27. The molecule has 1 N–H and O–H groups in total. The second-order valence-corrected chi connectivity index (χ2v) is 4.81. The monoisotopic (exact) mass is 311 g/mol. The van der Waals surface area contributed by atoms with Crippen LogP contribution in [0, 0.1) is 0 Å². The van der Waals surface area contributed by atoms with Gasteiger partial charge in [0, 0.05) is 33.7 Å². The highest BCUT2D eigenvalue weighted by Gasteiger charge is 2.08. The lowest BCUT2D eigenvalue weighted by atomic mass is 10.2. The zero-order valence-electron chi connectivity index (χ0n) is 9.80. The van der Waals surface area contributed by atoms with Gasteiger partial charge < -0.3 is 14.4 Å². The van der Waals surface area contributed by atoms with Crippen molar-refractivity contribution in [3.63, 3.8) is 0 Å². The van der Waals surface area contributed by atoms with Crippen LogP contribution in [0.4, 0.5) is 0 Å². The minimum atomic E-state index is 0.0267. The molecule has 0 aliphatic heterocycles. The maximum Gasteiger partial charge on any atom is 0.152 e. The van der Waals surface area contributed by atoms with Gasteiger partial charge in [0.1, 0.15) is 0 Å². The first-order valence-corrected chi connectivity index (χ1v) is 6.47. The van der Waals surface area contributed by atoms with E-state index in [4.69, 9.17) is 9.84 Å². The van der Waals surface area contributed by atoms with E-state index in [-0.39, 0.29) is 6.61 Å². The molecule has 1 aromatic carbocycles. The molecule has 0 bridgehead atoms. The SMILES string of the molecule is O=Cc1cn(CCOCCO)c2ccc(Br)cc12. The van der Waals surface area contributed by atoms with Gasteiger partial charge in [-0.2, -0.15) is 0 Å². The fourth-order valence-electron chi connectivity index (χ4n) is 1.91. The lowest BCUT2D eigenvalue weighted by molar-refractivity contribution is 0.0875. The van der Waals surface area contributed by atoms with E-state index in [2.05, 4.69) is 15.9 Å². The van der Waals surface area contributed by atoms with Crippen LogP contribution in [0.15, 0.2) is 28.9 Å². The number of nitrogens with zero attached hydrogens (tertiary/aromatic N) is 1. The normalized spacial score (nSPS) is 11.0. The first-order chi connectivity index (χ1) is 8.76. The van der Waals surface area contributed by atoms with Crippen LogP contribution >= 0.6 is 15.9 Å². The van der Waals surface area contributed by atoms with Gasteiger partial charge >= 0.3 is 0 Å². The van der Waals surface area contributed by atoms with Crippen LogP contribution < -0.4 is 0 Å². The summed E-state index contributed by atoms with van der Waals surface area (Å²) < 4.78 is 8.17. The average molecular weight is 312 g/mol. The minimum Gasteiger partial charge on any atom is -0.394 e. The summed E-state index contributed by atoms with van der Waals surface area (Å²) in [5, 5.41) is 9.56. The molecule has 18 heavy (non-hydrogen) atoms. The smallest absolute Gasteiger partial charge is 0.152 e. The van der Waals surface area contributed by atoms with Gasteiger partial charge in [0.2, 0.25) is 0 Å². The Morgan fingerprint density at radius 3 is 2.94 bits per heavy atom. The number of aromatic nitrogens is 1. The predicted octanol–water partition coefficient (Wildman–Crippen LogP) is 2.23. The Morgan fingerprint density at radius 1 is 1.39 bits per heavy atom. The van der Waals surface area contributed by atoms with Crippen molar-refractivity contribution in [2.45, 2.75) is 6.54 Å². The van der Waals surface area contributed by atoms with Crippen LogP contribution in [-0.2, 0) is 11.3 Å². The summed E-state index contributed by atoms with van der Waals surface area (Å²) >= 11 is 3.40. The summed E-state index contributed by atoms with van der Waals surface area (Å²) in [5.74, 6) is 0. The number of aliphatic hydroxyl groups excluding tert-OH is 1. The van der Waals surface area contributed by atoms with Crippen LogP contribution in [0.2, 0.25) is 0 Å². The lowest BCUT2D eigenvalue weighted by Crippen LogP contribution is -2.07. The van der Waals surface area contributed by atoms with Gasteiger partial charge in [-0.05, 0) is 18.2 Å². The number of hydrogen-bond donors (Lipinski definition) is 1. The zero-order valence-corrected chi connectivity index (χ0v) is 11.4. The van der Waals surface area contributed by atoms with Crippen molar-refractivity contribution < 1.29 is 14.6 Å². The average Bonchev–Trinajstić information content (AvgIpc) is 2.72. The van der Waals surface area contributed by atoms with Crippen LogP contribution in [0.5, 0.6) is 0 Å². The van der Waals surface area contributed by atoms with Crippen LogP contribution in [-0.4, -0.2) is 35.8 Å². The van der Waals surface area contributed by atoms with Gasteiger partial charge in [0.25, 0.3) is 0 Å². The van der Waals surface area contributed by atoms with E-state index in [1.165, 1.54) is 0 Å². The molecule has 0 spiro atoms. The second kappa shape index (κ2) is 6.13. The molecule has 0 radical (unpaired) electrons. The summed E-state index contributed by atoms with van der Waals surface area (Å²) in [6.07, 6.45) is 2.69. The highest BCUT2D eigenvalue weighted by molar-refractivity contribution is 9.10. The Labute approximate surface area is 113 Å². The van der Waals surface area contributed by atoms with E-state index < -0.39 is 0 Å². The van der Waals surface area contributed by atoms with E-state index in [9.17, 15) is 4.79 Å². The third-order valence-corrected chi connectivity index (χ3v) is 3.21. The molecule has 0 atom stereocenters.